The Morgan fingerprint density at radius 3 is 3.00 bits per heavy atom. The van der Waals surface area contributed by atoms with Crippen molar-refractivity contribution in [3.63, 3.8) is 0 Å². The zero-order valence-electron chi connectivity index (χ0n) is 5.30. The van der Waals surface area contributed by atoms with Crippen LogP contribution < -0.4 is 0 Å². The van der Waals surface area contributed by atoms with Crippen molar-refractivity contribution in [2.75, 3.05) is 5.33 Å². The first-order valence-electron chi connectivity index (χ1n) is 2.90. The molecule has 0 aliphatic heterocycles. The van der Waals surface area contributed by atoms with Crippen LogP contribution in [0, 0.1) is 11.3 Å². The molecule has 0 spiro atoms. The predicted octanol–water partition coefficient (Wildman–Crippen LogP) is 2.09. The molecule has 1 aromatic rings. The fourth-order valence-electron chi connectivity index (χ4n) is 0.664. The van der Waals surface area contributed by atoms with Gasteiger partial charge in [0.2, 0.25) is 0 Å². The van der Waals surface area contributed by atoms with E-state index in [4.69, 9.17) is 9.68 Å². The molecule has 0 aliphatic rings. The molecule has 0 bridgehead atoms. The highest BCUT2D eigenvalue weighted by molar-refractivity contribution is 9.09. The Hall–Kier alpha value is -0.750. The van der Waals surface area contributed by atoms with Crippen LogP contribution in [-0.2, 0) is 6.42 Å². The lowest BCUT2D eigenvalue weighted by Gasteiger charge is -1.84. The van der Waals surface area contributed by atoms with Gasteiger partial charge in [0.1, 0.15) is 18.1 Å². The van der Waals surface area contributed by atoms with E-state index in [1.54, 1.807) is 6.07 Å². The highest BCUT2D eigenvalue weighted by atomic mass is 79.9. The van der Waals surface area contributed by atoms with Gasteiger partial charge in [0.15, 0.2) is 0 Å². The van der Waals surface area contributed by atoms with E-state index in [-0.39, 0.29) is 0 Å². The summed E-state index contributed by atoms with van der Waals surface area (Å²) in [6, 6.07) is 3.75. The zero-order chi connectivity index (χ0) is 7.40. The van der Waals surface area contributed by atoms with E-state index in [2.05, 4.69) is 15.9 Å². The molecule has 10 heavy (non-hydrogen) atoms. The smallest absolute Gasteiger partial charge is 0.108 e. The molecule has 1 rings (SSSR count). The van der Waals surface area contributed by atoms with Gasteiger partial charge < -0.3 is 4.42 Å². The average Bonchev–Trinajstić information content (AvgIpc) is 2.37. The van der Waals surface area contributed by atoms with Crippen LogP contribution in [0.3, 0.4) is 0 Å². The highest BCUT2D eigenvalue weighted by Gasteiger charge is 1.98. The van der Waals surface area contributed by atoms with Crippen LogP contribution in [0.2, 0.25) is 0 Å². The zero-order valence-corrected chi connectivity index (χ0v) is 6.89. The highest BCUT2D eigenvalue weighted by Crippen LogP contribution is 2.07. The third-order valence-electron chi connectivity index (χ3n) is 1.12. The van der Waals surface area contributed by atoms with Crippen molar-refractivity contribution in [1.82, 2.24) is 0 Å². The molecule has 3 heteroatoms. The first-order valence-corrected chi connectivity index (χ1v) is 4.02. The lowest BCUT2D eigenvalue weighted by atomic mass is 10.3. The molecule has 1 aromatic heterocycles. The molecule has 0 fully saturated rings. The second-order valence-electron chi connectivity index (χ2n) is 1.85. The quantitative estimate of drug-likeness (QED) is 0.685. The maximum atomic E-state index is 8.40. The first-order chi connectivity index (χ1) is 4.86. The SMILES string of the molecule is N#Cc1coc(CCBr)c1. The third-order valence-corrected chi connectivity index (χ3v) is 1.52. The minimum atomic E-state index is 0.593. The Labute approximate surface area is 67.6 Å². The molecule has 0 aromatic carbocycles. The lowest BCUT2D eigenvalue weighted by Crippen LogP contribution is -1.78. The van der Waals surface area contributed by atoms with E-state index in [9.17, 15) is 0 Å². The number of halogens is 1. The fraction of sp³-hybridized carbons (Fsp3) is 0.286. The summed E-state index contributed by atoms with van der Waals surface area (Å²) in [4.78, 5) is 0. The molecule has 0 radical (unpaired) electrons. The van der Waals surface area contributed by atoms with E-state index in [1.807, 2.05) is 6.07 Å². The van der Waals surface area contributed by atoms with Crippen LogP contribution in [0.1, 0.15) is 11.3 Å². The van der Waals surface area contributed by atoms with E-state index in [0.717, 1.165) is 17.5 Å². The summed E-state index contributed by atoms with van der Waals surface area (Å²) in [6.45, 7) is 0. The summed E-state index contributed by atoms with van der Waals surface area (Å²) >= 11 is 3.27. The molecule has 52 valence electrons. The Morgan fingerprint density at radius 2 is 2.50 bits per heavy atom. The Balaban J connectivity index is 2.71. The van der Waals surface area contributed by atoms with Crippen LogP contribution in [0.15, 0.2) is 16.7 Å². The van der Waals surface area contributed by atoms with Crippen LogP contribution in [0.5, 0.6) is 0 Å². The third kappa shape index (κ3) is 1.61. The van der Waals surface area contributed by atoms with Gasteiger partial charge in [-0.3, -0.25) is 0 Å². The van der Waals surface area contributed by atoms with Crippen molar-refractivity contribution in [2.24, 2.45) is 0 Å². The largest absolute Gasteiger partial charge is 0.468 e. The number of hydrogen-bond donors (Lipinski definition) is 0. The van der Waals surface area contributed by atoms with Crippen molar-refractivity contribution in [3.8, 4) is 6.07 Å². The number of furan rings is 1. The number of nitriles is 1. The molecule has 0 amide bonds. The molecule has 0 saturated heterocycles. The van der Waals surface area contributed by atoms with Crippen LogP contribution >= 0.6 is 15.9 Å². The minimum Gasteiger partial charge on any atom is -0.468 e. The van der Waals surface area contributed by atoms with Crippen molar-refractivity contribution in [3.05, 3.63) is 23.7 Å². The summed E-state index contributed by atoms with van der Waals surface area (Å²) in [6.07, 6.45) is 2.31. The van der Waals surface area contributed by atoms with Crippen molar-refractivity contribution >= 4 is 15.9 Å². The molecule has 0 N–H and O–H groups in total. The molecule has 1 heterocycles. The van der Waals surface area contributed by atoms with Crippen LogP contribution in [0.4, 0.5) is 0 Å². The number of aryl methyl sites for hydroxylation is 1. The van der Waals surface area contributed by atoms with E-state index in [1.165, 1.54) is 6.26 Å². The Morgan fingerprint density at radius 1 is 1.70 bits per heavy atom. The van der Waals surface area contributed by atoms with Gasteiger partial charge in [0.05, 0.1) is 5.56 Å². The van der Waals surface area contributed by atoms with Gasteiger partial charge in [-0.1, -0.05) is 15.9 Å². The molecule has 0 unspecified atom stereocenters. The van der Waals surface area contributed by atoms with Gasteiger partial charge >= 0.3 is 0 Å². The van der Waals surface area contributed by atoms with Crippen molar-refractivity contribution in [2.45, 2.75) is 6.42 Å². The van der Waals surface area contributed by atoms with E-state index >= 15 is 0 Å². The summed E-state index contributed by atoms with van der Waals surface area (Å²) in [5, 5.41) is 9.26. The minimum absolute atomic E-state index is 0.593. The second-order valence-corrected chi connectivity index (χ2v) is 2.65. The first kappa shape index (κ1) is 7.36. The maximum Gasteiger partial charge on any atom is 0.108 e. The van der Waals surface area contributed by atoms with Gasteiger partial charge in [-0.15, -0.1) is 0 Å². The van der Waals surface area contributed by atoms with Gasteiger partial charge in [-0.05, 0) is 6.07 Å². The van der Waals surface area contributed by atoms with Gasteiger partial charge in [-0.2, -0.15) is 5.26 Å². The van der Waals surface area contributed by atoms with Crippen molar-refractivity contribution in [1.29, 1.82) is 5.26 Å². The number of hydrogen-bond acceptors (Lipinski definition) is 2. The summed E-state index contributed by atoms with van der Waals surface area (Å²) in [7, 11) is 0. The van der Waals surface area contributed by atoms with Crippen LogP contribution in [-0.4, -0.2) is 5.33 Å². The Bertz CT molecular complexity index is 248. The maximum absolute atomic E-state index is 8.40. The second kappa shape index (κ2) is 3.43. The average molecular weight is 200 g/mol. The van der Waals surface area contributed by atoms with Crippen LogP contribution in [0.25, 0.3) is 0 Å². The predicted molar refractivity (Wildman–Crippen MR) is 40.9 cm³/mol. The number of alkyl halides is 1. The summed E-state index contributed by atoms with van der Waals surface area (Å²) in [5.41, 5.74) is 0.593. The van der Waals surface area contributed by atoms with Gasteiger partial charge in [0, 0.05) is 11.8 Å². The standard InChI is InChI=1S/C7H6BrNO/c8-2-1-7-3-6(4-9)5-10-7/h3,5H,1-2H2. The van der Waals surface area contributed by atoms with Gasteiger partial charge in [0.25, 0.3) is 0 Å². The topological polar surface area (TPSA) is 36.9 Å². The summed E-state index contributed by atoms with van der Waals surface area (Å²) in [5.74, 6) is 0.855. The fourth-order valence-corrected chi connectivity index (χ4v) is 1.05. The molecule has 0 saturated carbocycles. The van der Waals surface area contributed by atoms with E-state index < -0.39 is 0 Å². The number of nitrogens with zero attached hydrogens (tertiary/aromatic N) is 1. The molecule has 0 aliphatic carbocycles. The van der Waals surface area contributed by atoms with Gasteiger partial charge in [-0.25, -0.2) is 0 Å². The molecular weight excluding hydrogens is 194 g/mol. The van der Waals surface area contributed by atoms with Crippen molar-refractivity contribution < 1.29 is 4.42 Å². The molecule has 0 atom stereocenters. The van der Waals surface area contributed by atoms with E-state index in [0.29, 0.717) is 5.56 Å². The Kier molecular flexibility index (Phi) is 2.52. The normalized spacial score (nSPS) is 9.20. The monoisotopic (exact) mass is 199 g/mol. The summed E-state index contributed by atoms with van der Waals surface area (Å²) < 4.78 is 5.04. The molecular formula is C7H6BrNO. The number of rotatable bonds is 2. The molecule has 2 nitrogen and oxygen atoms in total. The lowest BCUT2D eigenvalue weighted by molar-refractivity contribution is 0.517.